The smallest absolute Gasteiger partial charge is 0.222 e. The molecule has 1 heterocycles. The average Bonchev–Trinajstić information content (AvgIpc) is 2.88. The van der Waals surface area contributed by atoms with Crippen molar-refractivity contribution in [3.05, 3.63) is 0 Å². The van der Waals surface area contributed by atoms with Crippen molar-refractivity contribution in [3.8, 4) is 0 Å². The van der Waals surface area contributed by atoms with E-state index in [0.717, 1.165) is 45.6 Å². The molecule has 0 aromatic carbocycles. The van der Waals surface area contributed by atoms with Crippen LogP contribution in [0.2, 0.25) is 0 Å². The van der Waals surface area contributed by atoms with E-state index in [2.05, 4.69) is 18.7 Å². The topological polar surface area (TPSA) is 49.6 Å². The van der Waals surface area contributed by atoms with Gasteiger partial charge in [0.05, 0.1) is 0 Å². The molecule has 4 heteroatoms. The molecule has 0 spiro atoms. The maximum absolute atomic E-state index is 12.1. The van der Waals surface area contributed by atoms with E-state index in [0.29, 0.717) is 24.8 Å². The van der Waals surface area contributed by atoms with E-state index in [1.165, 1.54) is 12.8 Å². The minimum Gasteiger partial charge on any atom is -0.342 e. The van der Waals surface area contributed by atoms with E-state index in [9.17, 15) is 4.79 Å². The van der Waals surface area contributed by atoms with Crippen molar-refractivity contribution < 1.29 is 4.79 Å². The Hall–Kier alpha value is -0.610. The lowest BCUT2D eigenvalue weighted by molar-refractivity contribution is -0.130. The van der Waals surface area contributed by atoms with Crippen LogP contribution < -0.4 is 5.73 Å². The fourth-order valence-electron chi connectivity index (χ4n) is 2.83. The Bertz CT molecular complexity index is 252. The Morgan fingerprint density at radius 3 is 2.47 bits per heavy atom. The third-order valence-electron chi connectivity index (χ3n) is 3.92. The number of carbonyl (C=O) groups is 1. The SMILES string of the molecule is CCCN(CCC)CCCC(=O)N1CCC(CN)C1. The second-order valence-electron chi connectivity index (χ2n) is 5.68. The van der Waals surface area contributed by atoms with Crippen molar-refractivity contribution in [2.45, 2.75) is 46.0 Å². The van der Waals surface area contributed by atoms with Crippen LogP contribution in [0.1, 0.15) is 46.0 Å². The number of amides is 1. The van der Waals surface area contributed by atoms with E-state index in [1.54, 1.807) is 0 Å². The molecule has 4 nitrogen and oxygen atoms in total. The van der Waals surface area contributed by atoms with Gasteiger partial charge in [-0.15, -0.1) is 0 Å². The quantitative estimate of drug-likeness (QED) is 0.693. The zero-order valence-corrected chi connectivity index (χ0v) is 12.7. The second kappa shape index (κ2) is 9.32. The molecule has 0 aliphatic carbocycles. The predicted octanol–water partition coefficient (Wildman–Crippen LogP) is 1.70. The van der Waals surface area contributed by atoms with Crippen LogP contribution in [-0.2, 0) is 4.79 Å². The summed E-state index contributed by atoms with van der Waals surface area (Å²) in [4.78, 5) is 16.5. The van der Waals surface area contributed by atoms with E-state index < -0.39 is 0 Å². The molecule has 0 aromatic heterocycles. The first kappa shape index (κ1) is 16.4. The van der Waals surface area contributed by atoms with Gasteiger partial charge >= 0.3 is 0 Å². The molecule has 112 valence electrons. The lowest BCUT2D eigenvalue weighted by atomic mass is 10.1. The predicted molar refractivity (Wildman–Crippen MR) is 80.0 cm³/mol. The zero-order valence-electron chi connectivity index (χ0n) is 12.7. The maximum Gasteiger partial charge on any atom is 0.222 e. The Kier molecular flexibility index (Phi) is 8.07. The summed E-state index contributed by atoms with van der Waals surface area (Å²) in [5.41, 5.74) is 5.66. The highest BCUT2D eigenvalue weighted by Crippen LogP contribution is 2.16. The van der Waals surface area contributed by atoms with E-state index in [1.807, 2.05) is 4.90 Å². The van der Waals surface area contributed by atoms with Crippen molar-refractivity contribution in [3.63, 3.8) is 0 Å². The number of rotatable bonds is 9. The van der Waals surface area contributed by atoms with E-state index in [-0.39, 0.29) is 0 Å². The molecule has 19 heavy (non-hydrogen) atoms. The number of nitrogens with zero attached hydrogens (tertiary/aromatic N) is 2. The second-order valence-corrected chi connectivity index (χ2v) is 5.68. The molecular weight excluding hydrogens is 238 g/mol. The summed E-state index contributed by atoms with van der Waals surface area (Å²) in [6, 6.07) is 0. The first-order valence-corrected chi connectivity index (χ1v) is 7.91. The minimum absolute atomic E-state index is 0.323. The monoisotopic (exact) mass is 269 g/mol. The summed E-state index contributed by atoms with van der Waals surface area (Å²) in [5.74, 6) is 0.851. The first-order chi connectivity index (χ1) is 9.21. The summed E-state index contributed by atoms with van der Waals surface area (Å²) >= 11 is 0. The zero-order chi connectivity index (χ0) is 14.1. The summed E-state index contributed by atoms with van der Waals surface area (Å²) in [6.45, 7) is 10.3. The molecule has 1 aliphatic heterocycles. The van der Waals surface area contributed by atoms with E-state index >= 15 is 0 Å². The molecule has 1 fully saturated rings. The third kappa shape index (κ3) is 5.91. The lowest BCUT2D eigenvalue weighted by Gasteiger charge is -2.21. The normalized spacial score (nSPS) is 19.4. The first-order valence-electron chi connectivity index (χ1n) is 7.91. The van der Waals surface area contributed by atoms with Gasteiger partial charge in [-0.1, -0.05) is 13.8 Å². The lowest BCUT2D eigenvalue weighted by Crippen LogP contribution is -2.31. The molecule has 1 aliphatic rings. The molecule has 1 saturated heterocycles. The van der Waals surface area contributed by atoms with Crippen LogP contribution in [0.3, 0.4) is 0 Å². The van der Waals surface area contributed by atoms with Gasteiger partial charge in [0.25, 0.3) is 0 Å². The van der Waals surface area contributed by atoms with Crippen molar-refractivity contribution >= 4 is 5.91 Å². The van der Waals surface area contributed by atoms with Crippen LogP contribution >= 0.6 is 0 Å². The van der Waals surface area contributed by atoms with E-state index in [4.69, 9.17) is 5.73 Å². The van der Waals surface area contributed by atoms with Gasteiger partial charge in [-0.25, -0.2) is 0 Å². The molecular formula is C15H31N3O. The van der Waals surface area contributed by atoms with Gasteiger partial charge in [0.15, 0.2) is 0 Å². The molecule has 2 N–H and O–H groups in total. The van der Waals surface area contributed by atoms with Crippen molar-refractivity contribution in [1.82, 2.24) is 9.80 Å². The van der Waals surface area contributed by atoms with Crippen molar-refractivity contribution in [2.24, 2.45) is 11.7 Å². The highest BCUT2D eigenvalue weighted by Gasteiger charge is 2.24. The number of likely N-dealkylation sites (tertiary alicyclic amines) is 1. The van der Waals surface area contributed by atoms with Crippen molar-refractivity contribution in [2.75, 3.05) is 39.3 Å². The molecule has 0 radical (unpaired) electrons. The molecule has 1 amide bonds. The van der Waals surface area contributed by atoms with Crippen LogP contribution in [0.15, 0.2) is 0 Å². The molecule has 1 unspecified atom stereocenters. The Balaban J connectivity index is 2.19. The summed E-state index contributed by atoms with van der Waals surface area (Å²) < 4.78 is 0. The summed E-state index contributed by atoms with van der Waals surface area (Å²) in [7, 11) is 0. The third-order valence-corrected chi connectivity index (χ3v) is 3.92. The number of carbonyl (C=O) groups excluding carboxylic acids is 1. The number of nitrogens with two attached hydrogens (primary N) is 1. The molecule has 1 rings (SSSR count). The van der Waals surface area contributed by atoms with Gasteiger partial charge in [0.1, 0.15) is 0 Å². The average molecular weight is 269 g/mol. The van der Waals surface area contributed by atoms with Gasteiger partial charge in [-0.2, -0.15) is 0 Å². The van der Waals surface area contributed by atoms with Gasteiger partial charge in [0.2, 0.25) is 5.91 Å². The van der Waals surface area contributed by atoms with Crippen LogP contribution in [0.5, 0.6) is 0 Å². The Labute approximate surface area is 118 Å². The maximum atomic E-state index is 12.1. The molecule has 0 saturated carbocycles. The largest absolute Gasteiger partial charge is 0.342 e. The Morgan fingerprint density at radius 2 is 1.95 bits per heavy atom. The fourth-order valence-corrected chi connectivity index (χ4v) is 2.83. The molecule has 0 bridgehead atoms. The molecule has 0 aromatic rings. The number of hydrogen-bond donors (Lipinski definition) is 1. The van der Waals surface area contributed by atoms with Crippen LogP contribution in [-0.4, -0.2) is 55.0 Å². The molecule has 1 atom stereocenters. The van der Waals surface area contributed by atoms with Gasteiger partial charge in [-0.3, -0.25) is 4.79 Å². The standard InChI is InChI=1S/C15H31N3O/c1-3-8-17(9-4-2)10-5-6-15(19)18-11-7-14(12-16)13-18/h14H,3-13,16H2,1-2H3. The highest BCUT2D eigenvalue weighted by molar-refractivity contribution is 5.76. The van der Waals surface area contributed by atoms with Crippen LogP contribution in [0.25, 0.3) is 0 Å². The van der Waals surface area contributed by atoms with Gasteiger partial charge < -0.3 is 15.5 Å². The number of hydrogen-bond acceptors (Lipinski definition) is 3. The highest BCUT2D eigenvalue weighted by atomic mass is 16.2. The van der Waals surface area contributed by atoms with Crippen molar-refractivity contribution in [1.29, 1.82) is 0 Å². The minimum atomic E-state index is 0.323. The van der Waals surface area contributed by atoms with Gasteiger partial charge in [-0.05, 0) is 57.8 Å². The van der Waals surface area contributed by atoms with Crippen LogP contribution in [0.4, 0.5) is 0 Å². The summed E-state index contributed by atoms with van der Waals surface area (Å²) in [5, 5.41) is 0. The fraction of sp³-hybridized carbons (Fsp3) is 0.933. The van der Waals surface area contributed by atoms with Gasteiger partial charge in [0, 0.05) is 19.5 Å². The Morgan fingerprint density at radius 1 is 1.26 bits per heavy atom. The summed E-state index contributed by atoms with van der Waals surface area (Å²) in [6.07, 6.45) is 5.15. The van der Waals surface area contributed by atoms with Crippen LogP contribution in [0, 0.1) is 5.92 Å².